The van der Waals surface area contributed by atoms with Crippen LogP contribution in [0.15, 0.2) is 9.21 Å². The average Bonchev–Trinajstić information content (AvgIpc) is 2.74. The molecule has 0 aliphatic heterocycles. The van der Waals surface area contributed by atoms with Crippen molar-refractivity contribution in [1.29, 1.82) is 0 Å². The van der Waals surface area contributed by atoms with Gasteiger partial charge in [-0.15, -0.1) is 11.3 Å². The SMILES string of the molecule is COC(=O)CCCCCc1c(C)sc2oc(N)nc(=O)c12. The van der Waals surface area contributed by atoms with Crippen molar-refractivity contribution in [2.45, 2.75) is 39.0 Å². The second-order valence-electron chi connectivity index (χ2n) is 4.79. The Kier molecular flexibility index (Phi) is 4.95. The minimum absolute atomic E-state index is 0.0987. The largest absolute Gasteiger partial charge is 0.469 e. The predicted octanol–water partition coefficient (Wildman–Crippen LogP) is 2.42. The van der Waals surface area contributed by atoms with E-state index < -0.39 is 0 Å². The zero-order valence-corrected chi connectivity index (χ0v) is 12.9. The van der Waals surface area contributed by atoms with Gasteiger partial charge < -0.3 is 14.9 Å². The maximum absolute atomic E-state index is 11.9. The number of methoxy groups -OCH3 is 1. The van der Waals surface area contributed by atoms with Gasteiger partial charge in [-0.25, -0.2) is 0 Å². The summed E-state index contributed by atoms with van der Waals surface area (Å²) in [6.45, 7) is 1.96. The lowest BCUT2D eigenvalue weighted by atomic mass is 10.0. The molecular formula is C14H18N2O4S. The molecular weight excluding hydrogens is 292 g/mol. The van der Waals surface area contributed by atoms with Crippen LogP contribution in [-0.4, -0.2) is 18.1 Å². The quantitative estimate of drug-likeness (QED) is 0.650. The number of nitrogens with two attached hydrogens (primary N) is 1. The topological polar surface area (TPSA) is 95.4 Å². The summed E-state index contributed by atoms with van der Waals surface area (Å²) in [5.41, 5.74) is 6.10. The number of rotatable bonds is 6. The number of hydrogen-bond donors (Lipinski definition) is 1. The molecule has 2 heterocycles. The molecule has 2 aromatic rings. The van der Waals surface area contributed by atoms with Gasteiger partial charge in [0.15, 0.2) is 4.90 Å². The van der Waals surface area contributed by atoms with Gasteiger partial charge in [0.1, 0.15) is 0 Å². The summed E-state index contributed by atoms with van der Waals surface area (Å²) < 4.78 is 9.90. The van der Waals surface area contributed by atoms with Crippen LogP contribution in [-0.2, 0) is 16.0 Å². The van der Waals surface area contributed by atoms with Crippen LogP contribution in [0.4, 0.5) is 6.01 Å². The number of aryl methyl sites for hydroxylation is 2. The number of carbonyl (C=O) groups is 1. The van der Waals surface area contributed by atoms with Crippen LogP contribution in [0.25, 0.3) is 10.3 Å². The lowest BCUT2D eigenvalue weighted by Gasteiger charge is -2.02. The predicted molar refractivity (Wildman–Crippen MR) is 81.5 cm³/mol. The molecule has 0 saturated carbocycles. The van der Waals surface area contributed by atoms with Gasteiger partial charge in [-0.3, -0.25) is 9.59 Å². The standard InChI is InChI=1S/C14H18N2O4S/c1-8-9(6-4-3-5-7-10(17)19-2)11-12(18)16-14(15)20-13(11)21-8/h3-7H2,1-2H3,(H2,15,16,18). The van der Waals surface area contributed by atoms with Crippen molar-refractivity contribution >= 4 is 33.6 Å². The number of esters is 1. The molecule has 0 radical (unpaired) electrons. The highest BCUT2D eigenvalue weighted by atomic mass is 32.1. The maximum Gasteiger partial charge on any atom is 0.305 e. The van der Waals surface area contributed by atoms with E-state index in [-0.39, 0.29) is 17.5 Å². The number of ether oxygens (including phenoxy) is 1. The summed E-state index contributed by atoms with van der Waals surface area (Å²) in [7, 11) is 1.39. The number of anilines is 1. The highest BCUT2D eigenvalue weighted by Gasteiger charge is 2.15. The second kappa shape index (κ2) is 6.71. The molecule has 0 saturated heterocycles. The van der Waals surface area contributed by atoms with Crippen molar-refractivity contribution in [3.63, 3.8) is 0 Å². The van der Waals surface area contributed by atoms with E-state index in [9.17, 15) is 9.59 Å². The van der Waals surface area contributed by atoms with Gasteiger partial charge in [0.25, 0.3) is 11.6 Å². The Morgan fingerprint density at radius 1 is 1.38 bits per heavy atom. The molecule has 114 valence electrons. The van der Waals surface area contributed by atoms with Gasteiger partial charge in [0.2, 0.25) is 0 Å². The van der Waals surface area contributed by atoms with Crippen molar-refractivity contribution in [2.24, 2.45) is 0 Å². The highest BCUT2D eigenvalue weighted by molar-refractivity contribution is 7.18. The number of unbranched alkanes of at least 4 members (excludes halogenated alkanes) is 2. The van der Waals surface area contributed by atoms with Crippen LogP contribution in [0.2, 0.25) is 0 Å². The molecule has 0 aromatic carbocycles. The zero-order valence-electron chi connectivity index (χ0n) is 12.1. The Labute approximate surface area is 125 Å². The molecule has 2 aromatic heterocycles. The fourth-order valence-corrected chi connectivity index (χ4v) is 3.31. The van der Waals surface area contributed by atoms with E-state index in [0.29, 0.717) is 16.7 Å². The Morgan fingerprint density at radius 2 is 2.14 bits per heavy atom. The van der Waals surface area contributed by atoms with Crippen LogP contribution in [0.3, 0.4) is 0 Å². The molecule has 0 amide bonds. The van der Waals surface area contributed by atoms with Crippen LogP contribution >= 0.6 is 11.3 Å². The lowest BCUT2D eigenvalue weighted by molar-refractivity contribution is -0.140. The van der Waals surface area contributed by atoms with Gasteiger partial charge in [-0.2, -0.15) is 4.98 Å². The molecule has 0 aliphatic rings. The highest BCUT2D eigenvalue weighted by Crippen LogP contribution is 2.30. The number of nitrogen functional groups attached to an aromatic ring is 1. The summed E-state index contributed by atoms with van der Waals surface area (Å²) in [6, 6.07) is -0.0987. The number of fused-ring (bicyclic) bond motifs is 1. The maximum atomic E-state index is 11.9. The number of hydrogen-bond acceptors (Lipinski definition) is 7. The molecule has 2 N–H and O–H groups in total. The fraction of sp³-hybridized carbons (Fsp3) is 0.500. The van der Waals surface area contributed by atoms with E-state index >= 15 is 0 Å². The summed E-state index contributed by atoms with van der Waals surface area (Å²) in [6.07, 6.45) is 3.78. The molecule has 0 fully saturated rings. The fourth-order valence-electron chi connectivity index (χ4n) is 2.26. The summed E-state index contributed by atoms with van der Waals surface area (Å²) in [4.78, 5) is 28.2. The Morgan fingerprint density at radius 3 is 2.86 bits per heavy atom. The number of aromatic nitrogens is 1. The van der Waals surface area contributed by atoms with Crippen LogP contribution in [0.1, 0.15) is 36.1 Å². The summed E-state index contributed by atoms with van der Waals surface area (Å²) in [5, 5.41) is 0.541. The Hall–Kier alpha value is -1.89. The third-order valence-corrected chi connectivity index (χ3v) is 4.36. The summed E-state index contributed by atoms with van der Waals surface area (Å²) >= 11 is 1.42. The third kappa shape index (κ3) is 3.60. The van der Waals surface area contributed by atoms with E-state index in [1.807, 2.05) is 6.92 Å². The Bertz CT molecular complexity index is 705. The van der Waals surface area contributed by atoms with Crippen molar-refractivity contribution in [1.82, 2.24) is 4.98 Å². The molecule has 2 rings (SSSR count). The van der Waals surface area contributed by atoms with E-state index in [1.54, 1.807) is 0 Å². The second-order valence-corrected chi connectivity index (χ2v) is 5.98. The molecule has 0 spiro atoms. The van der Waals surface area contributed by atoms with Crippen molar-refractivity contribution in [3.8, 4) is 0 Å². The van der Waals surface area contributed by atoms with E-state index in [2.05, 4.69) is 9.72 Å². The molecule has 0 atom stereocenters. The van der Waals surface area contributed by atoms with E-state index in [4.69, 9.17) is 10.2 Å². The van der Waals surface area contributed by atoms with E-state index in [1.165, 1.54) is 18.4 Å². The van der Waals surface area contributed by atoms with Gasteiger partial charge in [0.05, 0.1) is 12.5 Å². The first-order valence-corrected chi connectivity index (χ1v) is 7.60. The molecule has 21 heavy (non-hydrogen) atoms. The normalized spacial score (nSPS) is 11.0. The van der Waals surface area contributed by atoms with Crippen LogP contribution in [0, 0.1) is 6.92 Å². The molecule has 0 unspecified atom stereocenters. The number of carbonyl (C=O) groups excluding carboxylic acids is 1. The number of thiophene rings is 1. The van der Waals surface area contributed by atoms with Crippen LogP contribution < -0.4 is 11.3 Å². The van der Waals surface area contributed by atoms with Crippen molar-refractivity contribution in [2.75, 3.05) is 12.8 Å². The molecule has 0 bridgehead atoms. The lowest BCUT2D eigenvalue weighted by Crippen LogP contribution is -2.09. The van der Waals surface area contributed by atoms with Gasteiger partial charge >= 0.3 is 5.97 Å². The monoisotopic (exact) mass is 310 g/mol. The van der Waals surface area contributed by atoms with Crippen molar-refractivity contribution < 1.29 is 13.9 Å². The minimum atomic E-state index is -0.331. The van der Waals surface area contributed by atoms with Gasteiger partial charge in [-0.05, 0) is 31.7 Å². The van der Waals surface area contributed by atoms with Gasteiger partial charge in [0, 0.05) is 11.3 Å². The number of nitrogens with zero attached hydrogens (tertiary/aromatic N) is 1. The first-order valence-electron chi connectivity index (χ1n) is 6.78. The van der Waals surface area contributed by atoms with Crippen LogP contribution in [0.5, 0.6) is 0 Å². The smallest absolute Gasteiger partial charge is 0.305 e. The minimum Gasteiger partial charge on any atom is -0.469 e. The van der Waals surface area contributed by atoms with E-state index in [0.717, 1.165) is 36.1 Å². The molecule has 6 nitrogen and oxygen atoms in total. The molecule has 7 heteroatoms. The first kappa shape index (κ1) is 15.5. The summed E-state index contributed by atoms with van der Waals surface area (Å²) in [5.74, 6) is -0.188. The zero-order chi connectivity index (χ0) is 15.4. The average molecular weight is 310 g/mol. The third-order valence-electron chi connectivity index (χ3n) is 3.33. The molecule has 0 aliphatic carbocycles. The Balaban J connectivity index is 2.04. The van der Waals surface area contributed by atoms with Gasteiger partial charge in [-0.1, -0.05) is 6.42 Å². The first-order chi connectivity index (χ1) is 10.0. The van der Waals surface area contributed by atoms with Crippen molar-refractivity contribution in [3.05, 3.63) is 20.8 Å².